The summed E-state index contributed by atoms with van der Waals surface area (Å²) in [5.41, 5.74) is 4.62. The first-order chi connectivity index (χ1) is 15.4. The Balaban J connectivity index is 1.24. The van der Waals surface area contributed by atoms with E-state index in [-0.39, 0.29) is 17.4 Å². The highest BCUT2D eigenvalue weighted by Gasteiger charge is 2.42. The average molecular weight is 437 g/mol. The van der Waals surface area contributed by atoms with Gasteiger partial charge in [-0.3, -0.25) is 14.3 Å². The lowest BCUT2D eigenvalue weighted by molar-refractivity contribution is -0.140. The minimum Gasteiger partial charge on any atom is -0.370 e. The second-order valence-electron chi connectivity index (χ2n) is 9.59. The molecule has 7 heteroatoms. The summed E-state index contributed by atoms with van der Waals surface area (Å²) in [5.74, 6) is 0.217. The van der Waals surface area contributed by atoms with E-state index in [4.69, 9.17) is 4.74 Å². The van der Waals surface area contributed by atoms with Gasteiger partial charge in [0.1, 0.15) is 0 Å². The van der Waals surface area contributed by atoms with E-state index < -0.39 is 0 Å². The van der Waals surface area contributed by atoms with Crippen molar-refractivity contribution in [3.63, 3.8) is 0 Å². The van der Waals surface area contributed by atoms with E-state index in [1.807, 2.05) is 33.7 Å². The highest BCUT2D eigenvalue weighted by Crippen LogP contribution is 2.37. The third-order valence-electron chi connectivity index (χ3n) is 7.39. The number of carbonyl (C=O) groups excluding carboxylic acids is 2. The van der Waals surface area contributed by atoms with Crippen LogP contribution in [-0.4, -0.2) is 63.2 Å². The second-order valence-corrected chi connectivity index (χ2v) is 9.59. The summed E-state index contributed by atoms with van der Waals surface area (Å²) in [5, 5.41) is 4.59. The molecule has 2 aromatic rings. The number of hydrogen-bond acceptors (Lipinski definition) is 4. The normalized spacial score (nSPS) is 19.9. The summed E-state index contributed by atoms with van der Waals surface area (Å²) in [4.78, 5) is 29.6. The number of hydrogen-bond donors (Lipinski definition) is 0. The Morgan fingerprint density at radius 3 is 2.41 bits per heavy atom. The number of piperidine rings is 1. The first-order valence-corrected chi connectivity index (χ1v) is 11.8. The van der Waals surface area contributed by atoms with Crippen molar-refractivity contribution < 1.29 is 14.3 Å². The average Bonchev–Trinajstić information content (AvgIpc) is 3.44. The zero-order valence-electron chi connectivity index (χ0n) is 19.1. The van der Waals surface area contributed by atoms with Crippen LogP contribution in [0.15, 0.2) is 24.3 Å². The number of aryl methyl sites for hydroxylation is 2. The molecule has 1 spiro atoms. The Bertz CT molecular complexity index is 1010. The van der Waals surface area contributed by atoms with Crippen molar-refractivity contribution in [1.82, 2.24) is 19.6 Å². The zero-order valence-corrected chi connectivity index (χ0v) is 19.1. The number of ether oxygens (including phenoxy) is 1. The lowest BCUT2D eigenvalue weighted by Gasteiger charge is -2.44. The van der Waals surface area contributed by atoms with E-state index in [0.717, 1.165) is 62.0 Å². The summed E-state index contributed by atoms with van der Waals surface area (Å²) in [6.45, 7) is 5.53. The van der Waals surface area contributed by atoms with Gasteiger partial charge >= 0.3 is 0 Å². The molecule has 170 valence electrons. The molecule has 1 aromatic carbocycles. The molecule has 0 unspecified atom stereocenters. The number of nitrogens with zero attached hydrogens (tertiary/aromatic N) is 4. The van der Waals surface area contributed by atoms with Crippen molar-refractivity contribution in [2.75, 3.05) is 26.2 Å². The van der Waals surface area contributed by atoms with Gasteiger partial charge in [-0.05, 0) is 38.2 Å². The van der Waals surface area contributed by atoms with Crippen LogP contribution in [0.3, 0.4) is 0 Å². The van der Waals surface area contributed by atoms with Crippen molar-refractivity contribution in [2.24, 2.45) is 7.05 Å². The third kappa shape index (κ3) is 3.94. The molecule has 0 atom stereocenters. The molecule has 0 aliphatic carbocycles. The van der Waals surface area contributed by atoms with Gasteiger partial charge in [-0.15, -0.1) is 0 Å². The largest absolute Gasteiger partial charge is 0.370 e. The number of aromatic nitrogens is 2. The van der Waals surface area contributed by atoms with Crippen LogP contribution in [0.1, 0.15) is 58.6 Å². The second kappa shape index (κ2) is 8.35. The molecule has 2 fully saturated rings. The van der Waals surface area contributed by atoms with Crippen LogP contribution in [0.5, 0.6) is 0 Å². The Kier molecular flexibility index (Phi) is 5.53. The maximum Gasteiger partial charge on any atom is 0.274 e. The van der Waals surface area contributed by atoms with Crippen LogP contribution in [0.25, 0.3) is 0 Å². The lowest BCUT2D eigenvalue weighted by Crippen LogP contribution is -2.51. The van der Waals surface area contributed by atoms with Crippen LogP contribution < -0.4 is 0 Å². The molecule has 4 heterocycles. The van der Waals surface area contributed by atoms with Crippen molar-refractivity contribution in [2.45, 2.75) is 57.7 Å². The van der Waals surface area contributed by atoms with Crippen LogP contribution in [0, 0.1) is 6.92 Å². The fourth-order valence-corrected chi connectivity index (χ4v) is 5.28. The molecule has 0 saturated carbocycles. The molecule has 0 N–H and O–H groups in total. The summed E-state index contributed by atoms with van der Waals surface area (Å²) in [7, 11) is 1.93. The highest BCUT2D eigenvalue weighted by atomic mass is 16.5. The van der Waals surface area contributed by atoms with Gasteiger partial charge in [0.15, 0.2) is 5.69 Å². The summed E-state index contributed by atoms with van der Waals surface area (Å²) in [6, 6.07) is 8.18. The quantitative estimate of drug-likeness (QED) is 0.742. The number of fused-ring (bicyclic) bond motifs is 1. The number of rotatable bonds is 3. The van der Waals surface area contributed by atoms with Gasteiger partial charge in [0.05, 0.1) is 18.6 Å². The standard InChI is InChI=1S/C25H32N4O3/c1-18-5-7-19(8-6-18)15-22(30)28-13-9-25(10-14-28)16-21-20(17-32-25)23(26-27(21)2)24(31)29-11-3-4-12-29/h5-8H,3-4,9-17H2,1-2H3. The van der Waals surface area contributed by atoms with Gasteiger partial charge < -0.3 is 14.5 Å². The molecule has 32 heavy (non-hydrogen) atoms. The van der Waals surface area contributed by atoms with Crippen molar-refractivity contribution in [1.29, 1.82) is 0 Å². The summed E-state index contributed by atoms with van der Waals surface area (Å²) in [6.07, 6.45) is 4.96. The fourth-order valence-electron chi connectivity index (χ4n) is 5.28. The molecule has 2 amide bonds. The first kappa shape index (κ1) is 21.2. The Hall–Kier alpha value is -2.67. The molecule has 0 radical (unpaired) electrons. The number of likely N-dealkylation sites (tertiary alicyclic amines) is 2. The van der Waals surface area contributed by atoms with Gasteiger partial charge in [0.2, 0.25) is 5.91 Å². The maximum absolute atomic E-state index is 12.9. The predicted octanol–water partition coefficient (Wildman–Crippen LogP) is 2.64. The number of carbonyl (C=O) groups is 2. The molecule has 5 rings (SSSR count). The number of amides is 2. The van der Waals surface area contributed by atoms with E-state index >= 15 is 0 Å². The molecule has 3 aliphatic heterocycles. The lowest BCUT2D eigenvalue weighted by atomic mass is 9.83. The van der Waals surface area contributed by atoms with Gasteiger partial charge in [-0.25, -0.2) is 0 Å². The highest BCUT2D eigenvalue weighted by molar-refractivity contribution is 5.94. The molecular formula is C25H32N4O3. The molecule has 0 bridgehead atoms. The van der Waals surface area contributed by atoms with Crippen LogP contribution in [-0.2, 0) is 36.0 Å². The van der Waals surface area contributed by atoms with Crippen molar-refractivity contribution in [3.8, 4) is 0 Å². The zero-order chi connectivity index (χ0) is 22.3. The van der Waals surface area contributed by atoms with Gasteiger partial charge in [-0.1, -0.05) is 29.8 Å². The minimum absolute atomic E-state index is 0.0374. The molecule has 7 nitrogen and oxygen atoms in total. The Morgan fingerprint density at radius 1 is 1.03 bits per heavy atom. The van der Waals surface area contributed by atoms with Crippen LogP contribution in [0.4, 0.5) is 0 Å². The minimum atomic E-state index is -0.268. The summed E-state index contributed by atoms with van der Waals surface area (Å²) < 4.78 is 8.27. The van der Waals surface area contributed by atoms with E-state index in [1.165, 1.54) is 5.56 Å². The van der Waals surface area contributed by atoms with Crippen molar-refractivity contribution in [3.05, 3.63) is 52.3 Å². The van der Waals surface area contributed by atoms with Gasteiger partial charge in [0.25, 0.3) is 5.91 Å². The van der Waals surface area contributed by atoms with Gasteiger partial charge in [0, 0.05) is 50.9 Å². The van der Waals surface area contributed by atoms with E-state index in [2.05, 4.69) is 24.2 Å². The first-order valence-electron chi connectivity index (χ1n) is 11.8. The SMILES string of the molecule is Cc1ccc(CC(=O)N2CCC3(CC2)Cc2c(c(C(=O)N4CCCC4)nn2C)CO3)cc1. The fraction of sp³-hybridized carbons (Fsp3) is 0.560. The van der Waals surface area contributed by atoms with Gasteiger partial charge in [-0.2, -0.15) is 5.10 Å². The topological polar surface area (TPSA) is 67.7 Å². The maximum atomic E-state index is 12.9. The van der Waals surface area contributed by atoms with Crippen LogP contribution in [0.2, 0.25) is 0 Å². The molecule has 3 aliphatic rings. The molecular weight excluding hydrogens is 404 g/mol. The molecule has 1 aromatic heterocycles. The number of benzene rings is 1. The van der Waals surface area contributed by atoms with E-state index in [9.17, 15) is 9.59 Å². The third-order valence-corrected chi connectivity index (χ3v) is 7.39. The summed E-state index contributed by atoms with van der Waals surface area (Å²) >= 11 is 0. The van der Waals surface area contributed by atoms with E-state index in [1.54, 1.807) is 0 Å². The smallest absolute Gasteiger partial charge is 0.274 e. The molecule has 2 saturated heterocycles. The predicted molar refractivity (Wildman–Crippen MR) is 120 cm³/mol. The monoisotopic (exact) mass is 436 g/mol. The van der Waals surface area contributed by atoms with Crippen LogP contribution >= 0.6 is 0 Å². The van der Waals surface area contributed by atoms with Crippen molar-refractivity contribution >= 4 is 11.8 Å². The Labute approximate surface area is 189 Å². The van der Waals surface area contributed by atoms with E-state index in [0.29, 0.717) is 31.8 Å². The Morgan fingerprint density at radius 2 is 1.72 bits per heavy atom.